The van der Waals surface area contributed by atoms with Crippen LogP contribution in [0.15, 0.2) is 17.2 Å². The van der Waals surface area contributed by atoms with E-state index in [4.69, 9.17) is 0 Å². The molecule has 0 aromatic carbocycles. The molecule has 0 saturated carbocycles. The predicted molar refractivity (Wildman–Crippen MR) is 52.3 cm³/mol. The molecule has 2 aromatic heterocycles. The summed E-state index contributed by atoms with van der Waals surface area (Å²) in [7, 11) is 0. The highest BCUT2D eigenvalue weighted by Gasteiger charge is 2.05. The van der Waals surface area contributed by atoms with E-state index in [9.17, 15) is 4.79 Å². The molecule has 74 valence electrons. The molecule has 0 fully saturated rings. The molecule has 5 heteroatoms. The molecule has 0 saturated heterocycles. The Bertz CT molecular complexity index is 511. The average Bonchev–Trinajstić information content (AvgIpc) is 2.49. The Hall–Kier alpha value is -1.65. The molecule has 5 nitrogen and oxygen atoms in total. The number of aromatic nitrogens is 4. The molecule has 2 rings (SSSR count). The van der Waals surface area contributed by atoms with Crippen molar-refractivity contribution in [1.29, 1.82) is 0 Å². The fraction of sp³-hybridized carbons (Fsp3) is 0.444. The summed E-state index contributed by atoms with van der Waals surface area (Å²) in [5.41, 5.74) is 0.607. The standard InChI is InChI=1S/C9H12N4O/c1-3-4-12-6-10-13-8(14)5-7(2)11-9(12)13/h5-6H,3-4H2,1-2H3. The first-order chi connectivity index (χ1) is 6.72. The number of aryl methyl sites for hydroxylation is 2. The van der Waals surface area contributed by atoms with Crippen LogP contribution in [0.4, 0.5) is 0 Å². The minimum Gasteiger partial charge on any atom is -0.299 e. The highest BCUT2D eigenvalue weighted by Crippen LogP contribution is 1.99. The van der Waals surface area contributed by atoms with E-state index in [2.05, 4.69) is 17.0 Å². The second-order valence-corrected chi connectivity index (χ2v) is 3.27. The summed E-state index contributed by atoms with van der Waals surface area (Å²) in [6.45, 7) is 4.72. The molecule has 0 aliphatic heterocycles. The summed E-state index contributed by atoms with van der Waals surface area (Å²) < 4.78 is 3.21. The maximum Gasteiger partial charge on any atom is 0.275 e. The van der Waals surface area contributed by atoms with Crippen LogP contribution < -0.4 is 5.56 Å². The third-order valence-electron chi connectivity index (χ3n) is 2.03. The maximum atomic E-state index is 11.5. The summed E-state index contributed by atoms with van der Waals surface area (Å²) >= 11 is 0. The Labute approximate surface area is 81.0 Å². The SMILES string of the molecule is CCCn1cnn2c(=O)cc(C)nc12. The van der Waals surface area contributed by atoms with Crippen LogP contribution in [0, 0.1) is 6.92 Å². The predicted octanol–water partition coefficient (Wildman–Crippen LogP) is 0.609. The van der Waals surface area contributed by atoms with Crippen LogP contribution in [0.3, 0.4) is 0 Å². The first-order valence-electron chi connectivity index (χ1n) is 4.64. The van der Waals surface area contributed by atoms with Crippen molar-refractivity contribution >= 4 is 5.78 Å². The van der Waals surface area contributed by atoms with Crippen molar-refractivity contribution in [2.45, 2.75) is 26.8 Å². The van der Waals surface area contributed by atoms with Gasteiger partial charge in [-0.15, -0.1) is 0 Å². The molecule has 0 radical (unpaired) electrons. The number of rotatable bonds is 2. The summed E-state index contributed by atoms with van der Waals surface area (Å²) in [5.74, 6) is 0.622. The van der Waals surface area contributed by atoms with Gasteiger partial charge >= 0.3 is 0 Å². The van der Waals surface area contributed by atoms with Crippen LogP contribution in [-0.4, -0.2) is 19.2 Å². The third-order valence-corrected chi connectivity index (χ3v) is 2.03. The van der Waals surface area contributed by atoms with E-state index in [0.717, 1.165) is 18.7 Å². The molecule has 0 unspecified atom stereocenters. The zero-order valence-electron chi connectivity index (χ0n) is 8.27. The highest BCUT2D eigenvalue weighted by atomic mass is 16.1. The van der Waals surface area contributed by atoms with Crippen LogP contribution in [0.5, 0.6) is 0 Å². The van der Waals surface area contributed by atoms with Crippen molar-refractivity contribution in [1.82, 2.24) is 19.2 Å². The zero-order valence-corrected chi connectivity index (χ0v) is 8.27. The van der Waals surface area contributed by atoms with Crippen LogP contribution in [0.25, 0.3) is 5.78 Å². The maximum absolute atomic E-state index is 11.5. The molecule has 14 heavy (non-hydrogen) atoms. The van der Waals surface area contributed by atoms with Gasteiger partial charge in [0.15, 0.2) is 0 Å². The van der Waals surface area contributed by atoms with E-state index in [0.29, 0.717) is 5.78 Å². The number of nitrogens with zero attached hydrogens (tertiary/aromatic N) is 4. The lowest BCUT2D eigenvalue weighted by molar-refractivity contribution is 0.688. The van der Waals surface area contributed by atoms with Crippen LogP contribution >= 0.6 is 0 Å². The summed E-state index contributed by atoms with van der Waals surface area (Å²) in [6, 6.07) is 1.48. The van der Waals surface area contributed by atoms with E-state index >= 15 is 0 Å². The van der Waals surface area contributed by atoms with Gasteiger partial charge in [0.05, 0.1) is 0 Å². The normalized spacial score (nSPS) is 11.0. The van der Waals surface area contributed by atoms with Crippen molar-refractivity contribution in [2.24, 2.45) is 0 Å². The average molecular weight is 192 g/mol. The first kappa shape index (κ1) is 8.93. The second kappa shape index (κ2) is 3.25. The summed E-state index contributed by atoms with van der Waals surface area (Å²) in [6.07, 6.45) is 2.64. The van der Waals surface area contributed by atoms with Gasteiger partial charge in [0.1, 0.15) is 6.33 Å². The van der Waals surface area contributed by atoms with Crippen molar-refractivity contribution < 1.29 is 0 Å². The van der Waals surface area contributed by atoms with Crippen molar-refractivity contribution in [3.8, 4) is 0 Å². The van der Waals surface area contributed by atoms with Gasteiger partial charge in [0, 0.05) is 18.3 Å². The number of hydrogen-bond acceptors (Lipinski definition) is 3. The number of hydrogen-bond donors (Lipinski definition) is 0. The van der Waals surface area contributed by atoms with Gasteiger partial charge in [0.2, 0.25) is 5.78 Å². The molecule has 2 heterocycles. The Balaban J connectivity index is 2.72. The van der Waals surface area contributed by atoms with Gasteiger partial charge in [-0.3, -0.25) is 9.36 Å². The lowest BCUT2D eigenvalue weighted by Gasteiger charge is -1.99. The molecule has 2 aromatic rings. The molecule has 0 aliphatic rings. The molecule has 0 bridgehead atoms. The first-order valence-corrected chi connectivity index (χ1v) is 4.64. The highest BCUT2D eigenvalue weighted by molar-refractivity contribution is 5.28. The van der Waals surface area contributed by atoms with E-state index in [1.165, 1.54) is 10.6 Å². The fourth-order valence-corrected chi connectivity index (χ4v) is 1.43. The zero-order chi connectivity index (χ0) is 10.1. The van der Waals surface area contributed by atoms with E-state index in [-0.39, 0.29) is 5.56 Å². The molecular formula is C9H12N4O. The molecule has 0 amide bonds. The fourth-order valence-electron chi connectivity index (χ4n) is 1.43. The summed E-state index contributed by atoms with van der Waals surface area (Å²) in [4.78, 5) is 15.7. The molecular weight excluding hydrogens is 180 g/mol. The molecule has 0 spiro atoms. The van der Waals surface area contributed by atoms with Crippen molar-refractivity contribution in [3.63, 3.8) is 0 Å². The lowest BCUT2D eigenvalue weighted by atomic mass is 10.4. The van der Waals surface area contributed by atoms with Gasteiger partial charge in [0.25, 0.3) is 5.56 Å². The van der Waals surface area contributed by atoms with E-state index in [1.54, 1.807) is 6.33 Å². The van der Waals surface area contributed by atoms with E-state index < -0.39 is 0 Å². The smallest absolute Gasteiger partial charge is 0.275 e. The third kappa shape index (κ3) is 1.30. The van der Waals surface area contributed by atoms with Crippen LogP contribution in [0.2, 0.25) is 0 Å². The Morgan fingerprint density at radius 2 is 2.29 bits per heavy atom. The largest absolute Gasteiger partial charge is 0.299 e. The van der Waals surface area contributed by atoms with Gasteiger partial charge in [-0.05, 0) is 13.3 Å². The minimum absolute atomic E-state index is 0.123. The van der Waals surface area contributed by atoms with Crippen molar-refractivity contribution in [3.05, 3.63) is 28.4 Å². The number of fused-ring (bicyclic) bond motifs is 1. The topological polar surface area (TPSA) is 52.2 Å². The van der Waals surface area contributed by atoms with Gasteiger partial charge in [-0.1, -0.05) is 6.92 Å². The Morgan fingerprint density at radius 1 is 1.50 bits per heavy atom. The van der Waals surface area contributed by atoms with E-state index in [1.807, 2.05) is 11.5 Å². The van der Waals surface area contributed by atoms with Crippen molar-refractivity contribution in [2.75, 3.05) is 0 Å². The van der Waals surface area contributed by atoms with Crippen LogP contribution in [-0.2, 0) is 6.54 Å². The van der Waals surface area contributed by atoms with Crippen LogP contribution in [0.1, 0.15) is 19.0 Å². The second-order valence-electron chi connectivity index (χ2n) is 3.27. The minimum atomic E-state index is -0.123. The quantitative estimate of drug-likeness (QED) is 0.700. The van der Waals surface area contributed by atoms with Gasteiger partial charge < -0.3 is 0 Å². The lowest BCUT2D eigenvalue weighted by Crippen LogP contribution is -2.15. The Morgan fingerprint density at radius 3 is 3.00 bits per heavy atom. The Kier molecular flexibility index (Phi) is 2.07. The molecule has 0 atom stereocenters. The van der Waals surface area contributed by atoms with Gasteiger partial charge in [-0.2, -0.15) is 9.61 Å². The monoisotopic (exact) mass is 192 g/mol. The summed E-state index contributed by atoms with van der Waals surface area (Å²) in [5, 5.41) is 3.98. The van der Waals surface area contributed by atoms with Gasteiger partial charge in [-0.25, -0.2) is 4.98 Å². The molecule has 0 N–H and O–H groups in total. The molecule has 0 aliphatic carbocycles.